The average Bonchev–Trinajstić information content (AvgIpc) is 2.53. The summed E-state index contributed by atoms with van der Waals surface area (Å²) in [4.78, 5) is 21.9. The van der Waals surface area contributed by atoms with E-state index in [1.165, 1.54) is 18.7 Å². The maximum atomic E-state index is 11.0. The lowest BCUT2D eigenvalue weighted by Gasteiger charge is -2.12. The highest BCUT2D eigenvalue weighted by Gasteiger charge is 2.19. The highest BCUT2D eigenvalue weighted by Crippen LogP contribution is 2.24. The Bertz CT molecular complexity index is 490. The van der Waals surface area contributed by atoms with Crippen molar-refractivity contribution in [3.05, 3.63) is 15.9 Å². The number of carboxylic acid groups (broad SMARTS) is 1. The van der Waals surface area contributed by atoms with Crippen molar-refractivity contribution in [1.82, 2.24) is 15.1 Å². The predicted octanol–water partition coefficient (Wildman–Crippen LogP) is 1.31. The van der Waals surface area contributed by atoms with Crippen LogP contribution in [0.4, 0.5) is 0 Å². The fraction of sp³-hybridized carbons (Fsp3) is 0.545. The lowest BCUT2D eigenvalue weighted by atomic mass is 10.3. The van der Waals surface area contributed by atoms with Crippen molar-refractivity contribution in [2.24, 2.45) is 7.05 Å². The molecular formula is C11H16BrN3O3S. The van der Waals surface area contributed by atoms with E-state index in [1.54, 1.807) is 4.68 Å². The molecule has 0 bridgehead atoms. The fourth-order valence-electron chi connectivity index (χ4n) is 1.53. The maximum absolute atomic E-state index is 11.0. The van der Waals surface area contributed by atoms with Gasteiger partial charge >= 0.3 is 5.97 Å². The molecular weight excluding hydrogens is 334 g/mol. The van der Waals surface area contributed by atoms with Gasteiger partial charge in [-0.25, -0.2) is 4.79 Å². The van der Waals surface area contributed by atoms with Crippen LogP contribution in [0.5, 0.6) is 0 Å². The number of carbonyl (C=O) groups is 2. The number of carbonyl (C=O) groups excluding carboxylic acids is 1. The summed E-state index contributed by atoms with van der Waals surface area (Å²) in [6.07, 6.45) is 0. The first kappa shape index (κ1) is 16.0. The molecule has 6 nitrogen and oxygen atoms in total. The van der Waals surface area contributed by atoms with Gasteiger partial charge < -0.3 is 10.4 Å². The molecule has 1 atom stereocenters. The highest BCUT2D eigenvalue weighted by molar-refractivity contribution is 9.10. The maximum Gasteiger partial charge on any atom is 0.327 e. The van der Waals surface area contributed by atoms with E-state index in [2.05, 4.69) is 26.3 Å². The van der Waals surface area contributed by atoms with Crippen LogP contribution >= 0.6 is 27.7 Å². The van der Waals surface area contributed by atoms with Gasteiger partial charge in [-0.05, 0) is 22.9 Å². The topological polar surface area (TPSA) is 84.2 Å². The van der Waals surface area contributed by atoms with E-state index in [1.807, 2.05) is 14.0 Å². The van der Waals surface area contributed by atoms with Crippen LogP contribution in [0.3, 0.4) is 0 Å². The SMILES string of the molecule is CC(=O)NC(CSCc1c(Br)c(C)nn1C)C(=O)O. The van der Waals surface area contributed by atoms with E-state index in [4.69, 9.17) is 5.11 Å². The van der Waals surface area contributed by atoms with Gasteiger partial charge in [-0.2, -0.15) is 16.9 Å². The third-order valence-electron chi connectivity index (χ3n) is 2.46. The number of aromatic nitrogens is 2. The number of amides is 1. The third kappa shape index (κ3) is 4.54. The van der Waals surface area contributed by atoms with E-state index in [-0.39, 0.29) is 5.91 Å². The standard InChI is InChI=1S/C11H16BrN3O3S/c1-6-10(12)9(15(3)14-6)5-19-4-8(11(17)18)13-7(2)16/h8H,4-5H2,1-3H3,(H,13,16)(H,17,18). The summed E-state index contributed by atoms with van der Waals surface area (Å²) >= 11 is 4.89. The zero-order chi connectivity index (χ0) is 14.6. The number of rotatable bonds is 6. The van der Waals surface area contributed by atoms with Crippen LogP contribution in [0.25, 0.3) is 0 Å². The summed E-state index contributed by atoms with van der Waals surface area (Å²) < 4.78 is 2.70. The van der Waals surface area contributed by atoms with Crippen molar-refractivity contribution in [3.8, 4) is 0 Å². The molecule has 106 valence electrons. The molecule has 19 heavy (non-hydrogen) atoms. The minimum Gasteiger partial charge on any atom is -0.480 e. The van der Waals surface area contributed by atoms with E-state index < -0.39 is 12.0 Å². The van der Waals surface area contributed by atoms with Crippen molar-refractivity contribution in [1.29, 1.82) is 0 Å². The first-order chi connectivity index (χ1) is 8.82. The zero-order valence-corrected chi connectivity index (χ0v) is 13.3. The Morgan fingerprint density at radius 1 is 1.58 bits per heavy atom. The molecule has 0 saturated carbocycles. The van der Waals surface area contributed by atoms with Gasteiger partial charge in [-0.3, -0.25) is 9.48 Å². The van der Waals surface area contributed by atoms with Crippen molar-refractivity contribution in [3.63, 3.8) is 0 Å². The number of halogens is 1. The Labute approximate surface area is 124 Å². The molecule has 0 saturated heterocycles. The second-order valence-electron chi connectivity index (χ2n) is 4.08. The average molecular weight is 350 g/mol. The molecule has 1 aromatic heterocycles. The molecule has 0 aromatic carbocycles. The van der Waals surface area contributed by atoms with E-state index in [0.29, 0.717) is 11.5 Å². The van der Waals surface area contributed by atoms with E-state index in [0.717, 1.165) is 15.9 Å². The predicted molar refractivity (Wildman–Crippen MR) is 77.0 cm³/mol. The van der Waals surface area contributed by atoms with Crippen LogP contribution in [-0.2, 0) is 22.4 Å². The second kappa shape index (κ2) is 6.95. The van der Waals surface area contributed by atoms with E-state index >= 15 is 0 Å². The van der Waals surface area contributed by atoms with E-state index in [9.17, 15) is 9.59 Å². The van der Waals surface area contributed by atoms with Crippen LogP contribution < -0.4 is 5.32 Å². The van der Waals surface area contributed by atoms with Crippen molar-refractivity contribution in [2.45, 2.75) is 25.6 Å². The van der Waals surface area contributed by atoms with Gasteiger partial charge in [0.1, 0.15) is 6.04 Å². The van der Waals surface area contributed by atoms with Crippen LogP contribution in [0.2, 0.25) is 0 Å². The lowest BCUT2D eigenvalue weighted by Crippen LogP contribution is -2.41. The van der Waals surface area contributed by atoms with Gasteiger partial charge in [0.05, 0.1) is 15.9 Å². The van der Waals surface area contributed by atoms with Gasteiger partial charge in [-0.15, -0.1) is 0 Å². The van der Waals surface area contributed by atoms with Crippen LogP contribution in [-0.4, -0.2) is 38.6 Å². The third-order valence-corrected chi connectivity index (χ3v) is 4.54. The first-order valence-electron chi connectivity index (χ1n) is 5.58. The largest absolute Gasteiger partial charge is 0.480 e. The van der Waals surface area contributed by atoms with Gasteiger partial charge in [0.2, 0.25) is 5.91 Å². The number of hydrogen-bond donors (Lipinski definition) is 2. The van der Waals surface area contributed by atoms with Gasteiger partial charge in [0, 0.05) is 25.5 Å². The number of carboxylic acids is 1. The smallest absolute Gasteiger partial charge is 0.327 e. The number of hydrogen-bond acceptors (Lipinski definition) is 4. The first-order valence-corrected chi connectivity index (χ1v) is 7.53. The monoisotopic (exact) mass is 349 g/mol. The van der Waals surface area contributed by atoms with Crippen molar-refractivity contribution < 1.29 is 14.7 Å². The molecule has 0 aliphatic carbocycles. The quantitative estimate of drug-likeness (QED) is 0.808. The number of nitrogens with zero attached hydrogens (tertiary/aromatic N) is 2. The van der Waals surface area contributed by atoms with Gasteiger partial charge in [0.25, 0.3) is 0 Å². The molecule has 0 fully saturated rings. The number of nitrogens with one attached hydrogen (secondary N) is 1. The normalized spacial score (nSPS) is 12.2. The number of aliphatic carboxylic acids is 1. The van der Waals surface area contributed by atoms with Crippen molar-refractivity contribution in [2.75, 3.05) is 5.75 Å². The molecule has 0 spiro atoms. The minimum absolute atomic E-state index is 0.311. The molecule has 0 radical (unpaired) electrons. The summed E-state index contributed by atoms with van der Waals surface area (Å²) in [6, 6.07) is -0.865. The molecule has 1 amide bonds. The van der Waals surface area contributed by atoms with Gasteiger partial charge in [-0.1, -0.05) is 0 Å². The summed E-state index contributed by atoms with van der Waals surface area (Å²) in [6.45, 7) is 3.21. The summed E-state index contributed by atoms with van der Waals surface area (Å²) in [5.74, 6) is -0.430. The van der Waals surface area contributed by atoms with Crippen LogP contribution in [0.1, 0.15) is 18.3 Å². The zero-order valence-electron chi connectivity index (χ0n) is 10.9. The molecule has 0 aliphatic heterocycles. The van der Waals surface area contributed by atoms with Crippen LogP contribution in [0.15, 0.2) is 4.47 Å². The minimum atomic E-state index is -1.03. The fourth-order valence-corrected chi connectivity index (χ4v) is 3.30. The van der Waals surface area contributed by atoms with Crippen molar-refractivity contribution >= 4 is 39.6 Å². The molecule has 1 aromatic rings. The Kier molecular flexibility index (Phi) is 5.86. The summed E-state index contributed by atoms with van der Waals surface area (Å²) in [5.41, 5.74) is 1.89. The Balaban J connectivity index is 2.57. The molecule has 0 aliphatic rings. The highest BCUT2D eigenvalue weighted by atomic mass is 79.9. The Morgan fingerprint density at radius 2 is 2.21 bits per heavy atom. The summed E-state index contributed by atoms with van der Waals surface area (Å²) in [5, 5.41) is 15.6. The van der Waals surface area contributed by atoms with Crippen LogP contribution in [0, 0.1) is 6.92 Å². The Hall–Kier alpha value is -1.02. The van der Waals surface area contributed by atoms with Gasteiger partial charge in [0.15, 0.2) is 0 Å². The lowest BCUT2D eigenvalue weighted by molar-refractivity contribution is -0.140. The molecule has 1 heterocycles. The molecule has 1 rings (SSSR count). The molecule has 8 heteroatoms. The molecule has 1 unspecified atom stereocenters. The molecule has 2 N–H and O–H groups in total. The summed E-state index contributed by atoms with van der Waals surface area (Å²) in [7, 11) is 1.84. The number of aryl methyl sites for hydroxylation is 2. The Morgan fingerprint density at radius 3 is 2.63 bits per heavy atom. The second-order valence-corrected chi connectivity index (χ2v) is 5.90. The number of thioether (sulfide) groups is 1.